The normalized spacial score (nSPS) is 14.4. The third-order valence-electron chi connectivity index (χ3n) is 2.83. The standard InChI is InChI=1S/C14H23NO2/c1-4-6-11(3)14(16)12-8-13(10-15-9-12)17-7-5-2/h8-11,14,16H,4-7H2,1-3H3. The van der Waals surface area contributed by atoms with Crippen LogP contribution >= 0.6 is 0 Å². The summed E-state index contributed by atoms with van der Waals surface area (Å²) in [5.41, 5.74) is 0.847. The second kappa shape index (κ2) is 7.28. The van der Waals surface area contributed by atoms with Crippen LogP contribution in [0, 0.1) is 5.92 Å². The molecule has 0 saturated heterocycles. The highest BCUT2D eigenvalue weighted by atomic mass is 16.5. The van der Waals surface area contributed by atoms with Gasteiger partial charge in [0.2, 0.25) is 0 Å². The van der Waals surface area contributed by atoms with Gasteiger partial charge in [0.25, 0.3) is 0 Å². The van der Waals surface area contributed by atoms with Crippen molar-refractivity contribution in [1.29, 1.82) is 0 Å². The number of pyridine rings is 1. The van der Waals surface area contributed by atoms with E-state index in [0.717, 1.165) is 30.6 Å². The lowest BCUT2D eigenvalue weighted by atomic mass is 9.94. The van der Waals surface area contributed by atoms with Crippen LogP contribution in [0.5, 0.6) is 5.75 Å². The molecule has 1 N–H and O–H groups in total. The minimum atomic E-state index is -0.451. The van der Waals surface area contributed by atoms with Crippen LogP contribution in [-0.2, 0) is 0 Å². The van der Waals surface area contributed by atoms with E-state index < -0.39 is 6.10 Å². The van der Waals surface area contributed by atoms with Gasteiger partial charge in [0.05, 0.1) is 18.9 Å². The number of aliphatic hydroxyl groups is 1. The van der Waals surface area contributed by atoms with Crippen LogP contribution in [0.15, 0.2) is 18.5 Å². The molecule has 0 aliphatic rings. The summed E-state index contributed by atoms with van der Waals surface area (Å²) < 4.78 is 5.51. The first kappa shape index (κ1) is 14.0. The molecule has 0 saturated carbocycles. The van der Waals surface area contributed by atoms with Crippen molar-refractivity contribution < 1.29 is 9.84 Å². The van der Waals surface area contributed by atoms with Gasteiger partial charge in [-0.2, -0.15) is 0 Å². The molecule has 96 valence electrons. The molecule has 2 unspecified atom stereocenters. The van der Waals surface area contributed by atoms with E-state index in [2.05, 4.69) is 25.8 Å². The Morgan fingerprint density at radius 2 is 2.06 bits per heavy atom. The van der Waals surface area contributed by atoms with E-state index in [-0.39, 0.29) is 5.92 Å². The molecule has 1 rings (SSSR count). The summed E-state index contributed by atoms with van der Waals surface area (Å²) in [5, 5.41) is 10.2. The Hall–Kier alpha value is -1.09. The molecular weight excluding hydrogens is 214 g/mol. The number of hydrogen-bond donors (Lipinski definition) is 1. The minimum absolute atomic E-state index is 0.253. The molecular formula is C14H23NO2. The van der Waals surface area contributed by atoms with Gasteiger partial charge in [-0.05, 0) is 24.8 Å². The quantitative estimate of drug-likeness (QED) is 0.791. The number of aromatic nitrogens is 1. The highest BCUT2D eigenvalue weighted by Crippen LogP contribution is 2.26. The van der Waals surface area contributed by atoms with Crippen molar-refractivity contribution in [2.24, 2.45) is 5.92 Å². The van der Waals surface area contributed by atoms with Gasteiger partial charge >= 0.3 is 0 Å². The fraction of sp³-hybridized carbons (Fsp3) is 0.643. The molecule has 1 aromatic heterocycles. The second-order valence-electron chi connectivity index (χ2n) is 4.51. The second-order valence-corrected chi connectivity index (χ2v) is 4.51. The maximum Gasteiger partial charge on any atom is 0.137 e. The fourth-order valence-corrected chi connectivity index (χ4v) is 1.84. The van der Waals surface area contributed by atoms with Crippen LogP contribution in [0.4, 0.5) is 0 Å². The zero-order valence-corrected chi connectivity index (χ0v) is 11.0. The summed E-state index contributed by atoms with van der Waals surface area (Å²) in [7, 11) is 0. The third kappa shape index (κ3) is 4.35. The van der Waals surface area contributed by atoms with Gasteiger partial charge in [0, 0.05) is 11.8 Å². The van der Waals surface area contributed by atoms with E-state index in [1.807, 2.05) is 6.07 Å². The van der Waals surface area contributed by atoms with Crippen LogP contribution in [0.2, 0.25) is 0 Å². The van der Waals surface area contributed by atoms with Gasteiger partial charge in [-0.3, -0.25) is 4.98 Å². The van der Waals surface area contributed by atoms with Gasteiger partial charge in [-0.1, -0.05) is 27.2 Å². The summed E-state index contributed by atoms with van der Waals surface area (Å²) in [5.74, 6) is 0.996. The van der Waals surface area contributed by atoms with Gasteiger partial charge in [-0.15, -0.1) is 0 Å². The molecule has 1 heterocycles. The number of ether oxygens (including phenoxy) is 1. The number of hydrogen-bond acceptors (Lipinski definition) is 3. The number of rotatable bonds is 7. The molecule has 0 spiro atoms. The van der Waals surface area contributed by atoms with Crippen LogP contribution in [0.3, 0.4) is 0 Å². The predicted octanol–water partition coefficient (Wildman–Crippen LogP) is 3.34. The van der Waals surface area contributed by atoms with Crippen molar-refractivity contribution in [3.05, 3.63) is 24.0 Å². The molecule has 0 aromatic carbocycles. The summed E-state index contributed by atoms with van der Waals surface area (Å²) >= 11 is 0. The SMILES string of the molecule is CCCOc1cncc(C(O)C(C)CCC)c1. The lowest BCUT2D eigenvalue weighted by Gasteiger charge is -2.18. The Bertz CT molecular complexity index is 328. The van der Waals surface area contributed by atoms with Crippen molar-refractivity contribution in [1.82, 2.24) is 4.98 Å². The first-order valence-corrected chi connectivity index (χ1v) is 6.44. The lowest BCUT2D eigenvalue weighted by Crippen LogP contribution is -2.09. The van der Waals surface area contributed by atoms with E-state index >= 15 is 0 Å². The monoisotopic (exact) mass is 237 g/mol. The van der Waals surface area contributed by atoms with E-state index in [9.17, 15) is 5.11 Å². The first-order chi connectivity index (χ1) is 8.19. The van der Waals surface area contributed by atoms with Crippen molar-refractivity contribution in [2.45, 2.75) is 46.1 Å². The Morgan fingerprint density at radius 3 is 2.71 bits per heavy atom. The van der Waals surface area contributed by atoms with Crippen LogP contribution in [-0.4, -0.2) is 16.7 Å². The smallest absolute Gasteiger partial charge is 0.137 e. The highest BCUT2D eigenvalue weighted by Gasteiger charge is 2.16. The third-order valence-corrected chi connectivity index (χ3v) is 2.83. The summed E-state index contributed by atoms with van der Waals surface area (Å²) in [6.45, 7) is 6.94. The molecule has 17 heavy (non-hydrogen) atoms. The zero-order chi connectivity index (χ0) is 12.7. The molecule has 0 aliphatic carbocycles. The molecule has 1 aromatic rings. The summed E-state index contributed by atoms with van der Waals surface area (Å²) in [6, 6.07) is 1.89. The molecule has 2 atom stereocenters. The Morgan fingerprint density at radius 1 is 1.29 bits per heavy atom. The van der Waals surface area contributed by atoms with Crippen LogP contribution < -0.4 is 4.74 Å². The molecule has 0 bridgehead atoms. The average molecular weight is 237 g/mol. The molecule has 0 aliphatic heterocycles. The number of aliphatic hydroxyl groups excluding tert-OH is 1. The Balaban J connectivity index is 2.69. The first-order valence-electron chi connectivity index (χ1n) is 6.44. The van der Waals surface area contributed by atoms with Crippen LogP contribution in [0.25, 0.3) is 0 Å². The maximum absolute atomic E-state index is 10.2. The lowest BCUT2D eigenvalue weighted by molar-refractivity contribution is 0.111. The van der Waals surface area contributed by atoms with Gasteiger partial charge in [0.1, 0.15) is 5.75 Å². The summed E-state index contributed by atoms with van der Waals surface area (Å²) in [4.78, 5) is 4.12. The maximum atomic E-state index is 10.2. The largest absolute Gasteiger partial charge is 0.492 e. The predicted molar refractivity (Wildman–Crippen MR) is 69.1 cm³/mol. The Labute approximate surface area is 104 Å². The van der Waals surface area contributed by atoms with Gasteiger partial charge < -0.3 is 9.84 Å². The van der Waals surface area contributed by atoms with Crippen LogP contribution in [0.1, 0.15) is 51.7 Å². The van der Waals surface area contributed by atoms with Gasteiger partial charge in [-0.25, -0.2) is 0 Å². The molecule has 0 amide bonds. The number of nitrogens with zero attached hydrogens (tertiary/aromatic N) is 1. The molecule has 3 heteroatoms. The molecule has 0 fully saturated rings. The summed E-state index contributed by atoms with van der Waals surface area (Å²) in [6.07, 6.45) is 6.02. The van der Waals surface area contributed by atoms with E-state index in [1.165, 1.54) is 0 Å². The van der Waals surface area contributed by atoms with Crippen molar-refractivity contribution in [3.63, 3.8) is 0 Å². The van der Waals surface area contributed by atoms with Crippen molar-refractivity contribution in [2.75, 3.05) is 6.61 Å². The highest BCUT2D eigenvalue weighted by molar-refractivity contribution is 5.25. The average Bonchev–Trinajstić information content (AvgIpc) is 2.36. The van der Waals surface area contributed by atoms with E-state index in [1.54, 1.807) is 12.4 Å². The van der Waals surface area contributed by atoms with Crippen molar-refractivity contribution >= 4 is 0 Å². The topological polar surface area (TPSA) is 42.4 Å². The Kier molecular flexibility index (Phi) is 5.98. The minimum Gasteiger partial charge on any atom is -0.492 e. The molecule has 3 nitrogen and oxygen atoms in total. The fourth-order valence-electron chi connectivity index (χ4n) is 1.84. The zero-order valence-electron chi connectivity index (χ0n) is 11.0. The van der Waals surface area contributed by atoms with Crippen molar-refractivity contribution in [3.8, 4) is 5.75 Å². The van der Waals surface area contributed by atoms with Gasteiger partial charge in [0.15, 0.2) is 0 Å². The van der Waals surface area contributed by atoms with E-state index in [0.29, 0.717) is 6.61 Å². The van der Waals surface area contributed by atoms with E-state index in [4.69, 9.17) is 4.74 Å². The molecule has 0 radical (unpaired) electrons.